The van der Waals surface area contributed by atoms with Crippen molar-refractivity contribution in [3.8, 4) is 0 Å². The molecule has 0 bridgehead atoms. The predicted octanol–water partition coefficient (Wildman–Crippen LogP) is 18.4. The number of carbonyl (C=O) groups excluding carboxylic acids is 2. The zero-order chi connectivity index (χ0) is 51.3. The van der Waals surface area contributed by atoms with E-state index in [0.717, 1.165) is 64.2 Å². The van der Waals surface area contributed by atoms with Gasteiger partial charge in [-0.1, -0.05) is 243 Å². The Morgan fingerprint density at radius 1 is 0.443 bits per heavy atom. The highest BCUT2D eigenvalue weighted by Gasteiger charge is 2.27. The maximum absolute atomic E-state index is 12.8. The fourth-order valence-electron chi connectivity index (χ4n) is 8.50. The third kappa shape index (κ3) is 55.5. The van der Waals surface area contributed by atoms with Crippen molar-refractivity contribution in [3.05, 3.63) is 36.5 Å². The second-order valence-electron chi connectivity index (χ2n) is 21.4. The number of likely N-dealkylation sites (N-methyl/N-ethyl adjacent to an activating group) is 1. The molecule has 0 rings (SSSR count). The first-order valence-corrected chi connectivity index (χ1v) is 31.2. The van der Waals surface area contributed by atoms with Crippen LogP contribution in [0.4, 0.5) is 0 Å². The Balaban J connectivity index is 3.91. The summed E-state index contributed by atoms with van der Waals surface area (Å²) in [7, 11) is 1.48. The summed E-state index contributed by atoms with van der Waals surface area (Å²) in [5.41, 5.74) is 0. The molecule has 0 amide bonds. The first kappa shape index (κ1) is 68.2. The minimum atomic E-state index is -4.38. The lowest BCUT2D eigenvalue weighted by Gasteiger charge is -2.24. The van der Waals surface area contributed by atoms with Gasteiger partial charge >= 0.3 is 19.8 Å². The van der Waals surface area contributed by atoms with Crippen LogP contribution in [0.3, 0.4) is 0 Å². The summed E-state index contributed by atoms with van der Waals surface area (Å²) in [5.74, 6) is -0.798. The second-order valence-corrected chi connectivity index (χ2v) is 22.8. The fraction of sp³-hybridized carbons (Fsp3) is 0.867. The van der Waals surface area contributed by atoms with Gasteiger partial charge in [-0.3, -0.25) is 18.6 Å². The van der Waals surface area contributed by atoms with Gasteiger partial charge in [0.1, 0.15) is 19.8 Å². The number of phosphoric acid groups is 1. The van der Waals surface area contributed by atoms with Crippen molar-refractivity contribution in [2.45, 2.75) is 290 Å². The number of allylic oxidation sites excluding steroid dienone is 6. The first-order valence-electron chi connectivity index (χ1n) is 29.7. The molecule has 0 aromatic carbocycles. The second kappa shape index (κ2) is 52.1. The molecular formula is C60H115NO8P+. The highest BCUT2D eigenvalue weighted by atomic mass is 31.2. The quantitative estimate of drug-likeness (QED) is 0.0211. The molecule has 0 aromatic rings. The molecule has 2 unspecified atom stereocenters. The lowest BCUT2D eigenvalue weighted by molar-refractivity contribution is -0.870. The van der Waals surface area contributed by atoms with Crippen LogP contribution in [0.5, 0.6) is 0 Å². The van der Waals surface area contributed by atoms with Gasteiger partial charge in [0, 0.05) is 12.8 Å². The monoisotopic (exact) mass is 1010 g/mol. The van der Waals surface area contributed by atoms with E-state index < -0.39 is 26.5 Å². The van der Waals surface area contributed by atoms with Crippen molar-refractivity contribution in [1.82, 2.24) is 0 Å². The van der Waals surface area contributed by atoms with Crippen LogP contribution in [-0.4, -0.2) is 74.9 Å². The standard InChI is InChI=1S/C60H114NO8P/c1-6-8-10-12-14-16-18-19-20-21-22-23-24-25-26-27-28-29-30-31-32-33-34-35-36-37-38-39-40-41-43-45-47-49-51-53-60(63)69-58(57-68-70(64,65)67-55-54-61(3,4)5)56-66-59(62)52-50-48-46-44-42-17-15-13-11-9-7-2/h13,15,18-19,21-22,58H,6-12,14,16-17,20,23-57H2,1-5H3/p+1/b15-13-,19-18-,22-21-. The van der Waals surface area contributed by atoms with Crippen LogP contribution >= 0.6 is 7.82 Å². The van der Waals surface area contributed by atoms with Gasteiger partial charge in [-0.2, -0.15) is 0 Å². The number of hydrogen-bond acceptors (Lipinski definition) is 7. The average Bonchev–Trinajstić information content (AvgIpc) is 3.32. The predicted molar refractivity (Wildman–Crippen MR) is 298 cm³/mol. The van der Waals surface area contributed by atoms with E-state index in [1.54, 1.807) is 0 Å². The summed E-state index contributed by atoms with van der Waals surface area (Å²) >= 11 is 0. The summed E-state index contributed by atoms with van der Waals surface area (Å²) in [6, 6.07) is 0. The Hall–Kier alpha value is -1.77. The number of rotatable bonds is 55. The minimum Gasteiger partial charge on any atom is -0.462 e. The molecule has 0 radical (unpaired) electrons. The Bertz CT molecular complexity index is 1280. The van der Waals surface area contributed by atoms with Crippen LogP contribution in [0.2, 0.25) is 0 Å². The maximum atomic E-state index is 12.8. The van der Waals surface area contributed by atoms with Gasteiger partial charge in [-0.05, 0) is 64.2 Å². The molecule has 70 heavy (non-hydrogen) atoms. The highest BCUT2D eigenvalue weighted by molar-refractivity contribution is 7.47. The zero-order valence-corrected chi connectivity index (χ0v) is 47.7. The normalized spacial score (nSPS) is 13.5. The van der Waals surface area contributed by atoms with Crippen LogP contribution in [0, 0.1) is 0 Å². The Morgan fingerprint density at radius 2 is 0.786 bits per heavy atom. The smallest absolute Gasteiger partial charge is 0.462 e. The molecule has 0 saturated carbocycles. The third-order valence-electron chi connectivity index (χ3n) is 13.1. The lowest BCUT2D eigenvalue weighted by atomic mass is 10.0. The molecule has 9 nitrogen and oxygen atoms in total. The van der Waals surface area contributed by atoms with Gasteiger partial charge in [0.05, 0.1) is 27.7 Å². The van der Waals surface area contributed by atoms with E-state index in [9.17, 15) is 19.0 Å². The molecule has 0 saturated heterocycles. The fourth-order valence-corrected chi connectivity index (χ4v) is 9.24. The number of esters is 2. The summed E-state index contributed by atoms with van der Waals surface area (Å²) in [4.78, 5) is 35.5. The molecule has 0 aliphatic heterocycles. The van der Waals surface area contributed by atoms with E-state index in [2.05, 4.69) is 50.3 Å². The van der Waals surface area contributed by atoms with Crippen LogP contribution in [-0.2, 0) is 32.7 Å². The van der Waals surface area contributed by atoms with Crippen molar-refractivity contribution < 1.29 is 42.1 Å². The lowest BCUT2D eigenvalue weighted by Crippen LogP contribution is -2.37. The largest absolute Gasteiger partial charge is 0.472 e. The van der Waals surface area contributed by atoms with Crippen molar-refractivity contribution in [2.75, 3.05) is 47.5 Å². The number of unbranched alkanes of at least 4 members (excludes halogenated alkanes) is 35. The van der Waals surface area contributed by atoms with Crippen LogP contribution in [0.15, 0.2) is 36.5 Å². The van der Waals surface area contributed by atoms with Gasteiger partial charge in [-0.25, -0.2) is 4.57 Å². The molecular weight excluding hydrogens is 894 g/mol. The molecule has 0 aliphatic carbocycles. The van der Waals surface area contributed by atoms with Crippen LogP contribution in [0.1, 0.15) is 284 Å². The molecule has 10 heteroatoms. The summed E-state index contributed by atoms with van der Waals surface area (Å²) in [6.45, 7) is 4.40. The average molecular weight is 1010 g/mol. The van der Waals surface area contributed by atoms with Gasteiger partial charge in [-0.15, -0.1) is 0 Å². The molecule has 2 atom stereocenters. The Kier molecular flexibility index (Phi) is 50.8. The maximum Gasteiger partial charge on any atom is 0.472 e. The summed E-state index contributed by atoms with van der Waals surface area (Å²) in [6.07, 6.45) is 63.9. The number of nitrogens with zero attached hydrogens (tertiary/aromatic N) is 1. The van der Waals surface area contributed by atoms with Gasteiger partial charge in [0.25, 0.3) is 0 Å². The molecule has 0 fully saturated rings. The van der Waals surface area contributed by atoms with Gasteiger partial charge < -0.3 is 18.9 Å². The molecule has 0 heterocycles. The number of hydrogen-bond donors (Lipinski definition) is 1. The molecule has 0 spiro atoms. The van der Waals surface area contributed by atoms with Crippen molar-refractivity contribution >= 4 is 19.8 Å². The SMILES string of the molecule is CCCC/C=C\CCCCCCCC(=O)OCC(COP(=O)(O)OCC[N+](C)(C)C)OC(=O)CCCCCCCCCCCCCCCCCCCCCCCCC/C=C\C/C=C\CCCCCCC. The third-order valence-corrected chi connectivity index (χ3v) is 14.1. The highest BCUT2D eigenvalue weighted by Crippen LogP contribution is 2.43. The zero-order valence-electron chi connectivity index (χ0n) is 46.8. The first-order chi connectivity index (χ1) is 34.0. The van der Waals surface area contributed by atoms with E-state index in [1.807, 2.05) is 21.1 Å². The molecule has 0 aromatic heterocycles. The Labute approximate surface area is 433 Å². The van der Waals surface area contributed by atoms with E-state index in [0.29, 0.717) is 17.4 Å². The van der Waals surface area contributed by atoms with E-state index in [1.165, 1.54) is 186 Å². The van der Waals surface area contributed by atoms with E-state index in [-0.39, 0.29) is 32.0 Å². The number of carbonyl (C=O) groups is 2. The number of ether oxygens (including phenoxy) is 2. The topological polar surface area (TPSA) is 108 Å². The van der Waals surface area contributed by atoms with E-state index in [4.69, 9.17) is 18.5 Å². The van der Waals surface area contributed by atoms with Crippen molar-refractivity contribution in [2.24, 2.45) is 0 Å². The van der Waals surface area contributed by atoms with Gasteiger partial charge in [0.2, 0.25) is 0 Å². The van der Waals surface area contributed by atoms with Gasteiger partial charge in [0.15, 0.2) is 6.10 Å². The minimum absolute atomic E-state index is 0.0323. The van der Waals surface area contributed by atoms with Crippen molar-refractivity contribution in [3.63, 3.8) is 0 Å². The summed E-state index contributed by atoms with van der Waals surface area (Å²) in [5, 5.41) is 0. The molecule has 0 aliphatic rings. The van der Waals surface area contributed by atoms with Crippen molar-refractivity contribution in [1.29, 1.82) is 0 Å². The summed E-state index contributed by atoms with van der Waals surface area (Å²) < 4.78 is 34.5. The number of phosphoric ester groups is 1. The Morgan fingerprint density at radius 3 is 1.19 bits per heavy atom. The van der Waals surface area contributed by atoms with Crippen LogP contribution < -0.4 is 0 Å². The van der Waals surface area contributed by atoms with Crippen LogP contribution in [0.25, 0.3) is 0 Å². The number of quaternary nitrogens is 1. The molecule has 412 valence electrons. The molecule has 1 N–H and O–H groups in total. The van der Waals surface area contributed by atoms with E-state index >= 15 is 0 Å².